The van der Waals surface area contributed by atoms with Gasteiger partial charge in [0, 0.05) is 32.3 Å². The molecule has 0 saturated carbocycles. The maximum Gasteiger partial charge on any atom is 0.220 e. The molecule has 3 N–H and O–H groups in total. The summed E-state index contributed by atoms with van der Waals surface area (Å²) in [5, 5.41) is 2.92. The van der Waals surface area contributed by atoms with Gasteiger partial charge in [0.1, 0.15) is 5.82 Å². The molecule has 0 atom stereocenters. The predicted octanol–water partition coefficient (Wildman–Crippen LogP) is 1.43. The van der Waals surface area contributed by atoms with Crippen molar-refractivity contribution in [1.82, 2.24) is 10.3 Å². The van der Waals surface area contributed by atoms with E-state index in [0.717, 1.165) is 30.9 Å². The van der Waals surface area contributed by atoms with Gasteiger partial charge in [0.25, 0.3) is 0 Å². The van der Waals surface area contributed by atoms with Crippen LogP contribution in [-0.4, -0.2) is 30.5 Å². The smallest absolute Gasteiger partial charge is 0.220 e. The molecule has 0 unspecified atom stereocenters. The van der Waals surface area contributed by atoms with Crippen molar-refractivity contribution in [2.45, 2.75) is 38.6 Å². The number of carbonyl (C=O) groups is 1. The molecular weight excluding hydrogens is 252 g/mol. The number of rotatable bonds is 6. The van der Waals surface area contributed by atoms with Crippen molar-refractivity contribution in [3.05, 3.63) is 23.9 Å². The van der Waals surface area contributed by atoms with E-state index in [4.69, 9.17) is 5.73 Å². The molecule has 1 aliphatic rings. The number of amides is 1. The van der Waals surface area contributed by atoms with Crippen LogP contribution in [-0.2, 0) is 11.3 Å². The number of pyridine rings is 1. The Balaban J connectivity index is 1.87. The Morgan fingerprint density at radius 3 is 2.90 bits per heavy atom. The summed E-state index contributed by atoms with van der Waals surface area (Å²) < 4.78 is 0. The van der Waals surface area contributed by atoms with E-state index in [1.807, 2.05) is 12.3 Å². The highest BCUT2D eigenvalue weighted by Crippen LogP contribution is 2.18. The molecule has 20 heavy (non-hydrogen) atoms. The molecule has 0 aliphatic carbocycles. The zero-order valence-corrected chi connectivity index (χ0v) is 12.0. The van der Waals surface area contributed by atoms with E-state index in [-0.39, 0.29) is 5.91 Å². The average molecular weight is 276 g/mol. The number of piperidine rings is 1. The van der Waals surface area contributed by atoms with Crippen LogP contribution in [0.5, 0.6) is 0 Å². The first-order valence-corrected chi connectivity index (χ1v) is 7.46. The molecule has 0 radical (unpaired) electrons. The van der Waals surface area contributed by atoms with E-state index in [1.54, 1.807) is 0 Å². The fourth-order valence-corrected chi connectivity index (χ4v) is 2.42. The minimum atomic E-state index is 0.0618. The van der Waals surface area contributed by atoms with Gasteiger partial charge in [0.15, 0.2) is 0 Å². The van der Waals surface area contributed by atoms with E-state index < -0.39 is 0 Å². The second kappa shape index (κ2) is 7.85. The molecule has 1 amide bonds. The third-order valence-corrected chi connectivity index (χ3v) is 3.59. The van der Waals surface area contributed by atoms with Crippen molar-refractivity contribution in [1.29, 1.82) is 0 Å². The third-order valence-electron chi connectivity index (χ3n) is 3.59. The second-order valence-electron chi connectivity index (χ2n) is 5.24. The largest absolute Gasteiger partial charge is 0.357 e. The van der Waals surface area contributed by atoms with Gasteiger partial charge in [-0.3, -0.25) is 4.79 Å². The van der Waals surface area contributed by atoms with E-state index in [9.17, 15) is 4.79 Å². The Bertz CT molecular complexity index is 430. The fraction of sp³-hybridized carbons (Fsp3) is 0.600. The average Bonchev–Trinajstić information content (AvgIpc) is 2.52. The van der Waals surface area contributed by atoms with Crippen LogP contribution >= 0.6 is 0 Å². The Kier molecular flexibility index (Phi) is 5.80. The van der Waals surface area contributed by atoms with Crippen LogP contribution in [0.15, 0.2) is 18.3 Å². The highest BCUT2D eigenvalue weighted by Gasteiger charge is 2.12. The molecule has 0 spiro atoms. The third kappa shape index (κ3) is 4.49. The summed E-state index contributed by atoms with van der Waals surface area (Å²) in [4.78, 5) is 18.3. The molecule has 2 rings (SSSR count). The zero-order valence-electron chi connectivity index (χ0n) is 12.0. The first kappa shape index (κ1) is 14.8. The van der Waals surface area contributed by atoms with Gasteiger partial charge < -0.3 is 16.0 Å². The molecule has 1 fully saturated rings. The Morgan fingerprint density at radius 1 is 1.35 bits per heavy atom. The van der Waals surface area contributed by atoms with Crippen molar-refractivity contribution in [2.75, 3.05) is 24.5 Å². The summed E-state index contributed by atoms with van der Waals surface area (Å²) in [6.07, 6.45) is 6.85. The molecule has 1 aromatic rings. The molecule has 110 valence electrons. The minimum absolute atomic E-state index is 0.0618. The number of carbonyl (C=O) groups excluding carboxylic acids is 1. The first-order valence-electron chi connectivity index (χ1n) is 7.46. The fourth-order valence-electron chi connectivity index (χ4n) is 2.42. The normalized spacial score (nSPS) is 15.2. The van der Waals surface area contributed by atoms with Crippen molar-refractivity contribution in [2.24, 2.45) is 5.73 Å². The van der Waals surface area contributed by atoms with Crippen LogP contribution in [0.3, 0.4) is 0 Å². The molecule has 5 nitrogen and oxygen atoms in total. The lowest BCUT2D eigenvalue weighted by molar-refractivity contribution is -0.121. The summed E-state index contributed by atoms with van der Waals surface area (Å²) in [7, 11) is 0. The van der Waals surface area contributed by atoms with Gasteiger partial charge in [-0.25, -0.2) is 4.98 Å². The van der Waals surface area contributed by atoms with Crippen LogP contribution in [0.1, 0.15) is 37.7 Å². The Labute approximate surface area is 120 Å². The van der Waals surface area contributed by atoms with Gasteiger partial charge >= 0.3 is 0 Å². The predicted molar refractivity (Wildman–Crippen MR) is 80.4 cm³/mol. The van der Waals surface area contributed by atoms with Crippen molar-refractivity contribution in [3.63, 3.8) is 0 Å². The van der Waals surface area contributed by atoms with E-state index in [2.05, 4.69) is 21.3 Å². The van der Waals surface area contributed by atoms with Crippen molar-refractivity contribution < 1.29 is 4.79 Å². The summed E-state index contributed by atoms with van der Waals surface area (Å²) in [5.74, 6) is 1.09. The standard InChI is InChI=1S/C15H24N4O/c16-7-4-5-15(20)18-12-13-6-8-17-14(11-13)19-9-2-1-3-10-19/h6,8,11H,1-5,7,9-10,12,16H2,(H,18,20). The topological polar surface area (TPSA) is 71.2 Å². The van der Waals surface area contributed by atoms with Crippen LogP contribution in [0.4, 0.5) is 5.82 Å². The lowest BCUT2D eigenvalue weighted by Crippen LogP contribution is -2.30. The van der Waals surface area contributed by atoms with Gasteiger partial charge in [-0.2, -0.15) is 0 Å². The van der Waals surface area contributed by atoms with Gasteiger partial charge in [-0.1, -0.05) is 0 Å². The quantitative estimate of drug-likeness (QED) is 0.824. The molecule has 2 heterocycles. The number of nitrogens with zero attached hydrogens (tertiary/aromatic N) is 2. The van der Waals surface area contributed by atoms with Crippen LogP contribution in [0.25, 0.3) is 0 Å². The molecule has 1 aromatic heterocycles. The van der Waals surface area contributed by atoms with Gasteiger partial charge in [-0.05, 0) is 49.9 Å². The number of anilines is 1. The number of hydrogen-bond donors (Lipinski definition) is 2. The van der Waals surface area contributed by atoms with E-state index in [0.29, 0.717) is 19.5 Å². The van der Waals surface area contributed by atoms with E-state index >= 15 is 0 Å². The highest BCUT2D eigenvalue weighted by atomic mass is 16.1. The Morgan fingerprint density at radius 2 is 2.15 bits per heavy atom. The Hall–Kier alpha value is -1.62. The second-order valence-corrected chi connectivity index (χ2v) is 5.24. The number of nitrogens with two attached hydrogens (primary N) is 1. The number of hydrogen-bond acceptors (Lipinski definition) is 4. The monoisotopic (exact) mass is 276 g/mol. The van der Waals surface area contributed by atoms with E-state index in [1.165, 1.54) is 19.3 Å². The van der Waals surface area contributed by atoms with Crippen LogP contribution < -0.4 is 16.0 Å². The minimum Gasteiger partial charge on any atom is -0.357 e. The maximum atomic E-state index is 11.6. The van der Waals surface area contributed by atoms with Crippen molar-refractivity contribution >= 4 is 11.7 Å². The molecule has 1 saturated heterocycles. The van der Waals surface area contributed by atoms with Gasteiger partial charge in [0.2, 0.25) is 5.91 Å². The van der Waals surface area contributed by atoms with Gasteiger partial charge in [-0.15, -0.1) is 0 Å². The van der Waals surface area contributed by atoms with Crippen LogP contribution in [0.2, 0.25) is 0 Å². The SMILES string of the molecule is NCCCC(=O)NCc1ccnc(N2CCCCC2)c1. The summed E-state index contributed by atoms with van der Waals surface area (Å²) in [6.45, 7) is 3.28. The maximum absolute atomic E-state index is 11.6. The summed E-state index contributed by atoms with van der Waals surface area (Å²) >= 11 is 0. The van der Waals surface area contributed by atoms with Crippen molar-refractivity contribution in [3.8, 4) is 0 Å². The summed E-state index contributed by atoms with van der Waals surface area (Å²) in [5.41, 5.74) is 6.49. The molecular formula is C15H24N4O. The molecule has 0 aromatic carbocycles. The molecule has 5 heteroatoms. The summed E-state index contributed by atoms with van der Waals surface area (Å²) in [6, 6.07) is 4.03. The highest BCUT2D eigenvalue weighted by molar-refractivity contribution is 5.75. The number of nitrogens with one attached hydrogen (secondary N) is 1. The molecule has 0 bridgehead atoms. The van der Waals surface area contributed by atoms with Crippen LogP contribution in [0, 0.1) is 0 Å². The number of aromatic nitrogens is 1. The zero-order chi connectivity index (χ0) is 14.2. The lowest BCUT2D eigenvalue weighted by Gasteiger charge is -2.27. The molecule has 1 aliphatic heterocycles. The first-order chi connectivity index (χ1) is 9.79. The lowest BCUT2D eigenvalue weighted by atomic mass is 10.1. The van der Waals surface area contributed by atoms with Gasteiger partial charge in [0.05, 0.1) is 0 Å².